The second-order valence-corrected chi connectivity index (χ2v) is 3.18. The molecule has 0 saturated heterocycles. The molecule has 0 radical (unpaired) electrons. The standard InChI is InChI=1S/C10H15N3O/c1-7(12)10(14)13-9-4-2-3-8(5-9)6-11/h2-5,7H,6,11-12H2,1H3,(H,13,14). The molecule has 0 spiro atoms. The Bertz CT molecular complexity index is 323. The number of nitrogens with one attached hydrogen (secondary N) is 1. The average Bonchev–Trinajstić information content (AvgIpc) is 2.18. The van der Waals surface area contributed by atoms with Crippen LogP contribution in [0.15, 0.2) is 24.3 Å². The number of carbonyl (C=O) groups is 1. The van der Waals surface area contributed by atoms with Gasteiger partial charge in [-0.25, -0.2) is 0 Å². The van der Waals surface area contributed by atoms with Crippen LogP contribution in [0.5, 0.6) is 0 Å². The van der Waals surface area contributed by atoms with Gasteiger partial charge in [-0.05, 0) is 24.6 Å². The number of rotatable bonds is 3. The monoisotopic (exact) mass is 193 g/mol. The highest BCUT2D eigenvalue weighted by molar-refractivity contribution is 5.94. The van der Waals surface area contributed by atoms with E-state index in [2.05, 4.69) is 5.32 Å². The van der Waals surface area contributed by atoms with Crippen LogP contribution in [0.3, 0.4) is 0 Å². The van der Waals surface area contributed by atoms with Crippen LogP contribution in [-0.2, 0) is 11.3 Å². The van der Waals surface area contributed by atoms with Gasteiger partial charge in [-0.1, -0.05) is 12.1 Å². The molecule has 4 heteroatoms. The number of anilines is 1. The van der Waals surface area contributed by atoms with Gasteiger partial charge in [-0.2, -0.15) is 0 Å². The van der Waals surface area contributed by atoms with E-state index in [0.29, 0.717) is 6.54 Å². The van der Waals surface area contributed by atoms with Crippen molar-refractivity contribution in [2.75, 3.05) is 5.32 Å². The molecule has 0 aromatic heterocycles. The molecule has 0 saturated carbocycles. The molecule has 0 aliphatic heterocycles. The lowest BCUT2D eigenvalue weighted by atomic mass is 10.2. The third-order valence-corrected chi connectivity index (χ3v) is 1.84. The normalized spacial score (nSPS) is 12.2. The van der Waals surface area contributed by atoms with Crippen LogP contribution in [0.2, 0.25) is 0 Å². The van der Waals surface area contributed by atoms with Crippen molar-refractivity contribution in [1.29, 1.82) is 0 Å². The van der Waals surface area contributed by atoms with Gasteiger partial charge in [-0.3, -0.25) is 4.79 Å². The Balaban J connectivity index is 2.72. The lowest BCUT2D eigenvalue weighted by Crippen LogP contribution is -2.32. The first-order valence-electron chi connectivity index (χ1n) is 4.49. The molecule has 1 unspecified atom stereocenters. The molecule has 0 aliphatic rings. The van der Waals surface area contributed by atoms with Gasteiger partial charge in [0.2, 0.25) is 5.91 Å². The SMILES string of the molecule is CC(N)C(=O)Nc1cccc(CN)c1. The van der Waals surface area contributed by atoms with Crippen LogP contribution in [-0.4, -0.2) is 11.9 Å². The quantitative estimate of drug-likeness (QED) is 0.651. The number of carbonyl (C=O) groups excluding carboxylic acids is 1. The summed E-state index contributed by atoms with van der Waals surface area (Å²) < 4.78 is 0. The van der Waals surface area contributed by atoms with Crippen LogP contribution in [0.25, 0.3) is 0 Å². The summed E-state index contributed by atoms with van der Waals surface area (Å²) in [7, 11) is 0. The summed E-state index contributed by atoms with van der Waals surface area (Å²) in [6.07, 6.45) is 0. The van der Waals surface area contributed by atoms with Gasteiger partial charge in [-0.15, -0.1) is 0 Å². The van der Waals surface area contributed by atoms with Crippen molar-refractivity contribution < 1.29 is 4.79 Å². The van der Waals surface area contributed by atoms with Crippen molar-refractivity contribution in [3.05, 3.63) is 29.8 Å². The van der Waals surface area contributed by atoms with Crippen molar-refractivity contribution in [2.24, 2.45) is 11.5 Å². The molecule has 1 aromatic carbocycles. The van der Waals surface area contributed by atoms with E-state index >= 15 is 0 Å². The third kappa shape index (κ3) is 2.83. The van der Waals surface area contributed by atoms with Gasteiger partial charge < -0.3 is 16.8 Å². The molecule has 0 heterocycles. The van der Waals surface area contributed by atoms with Crippen LogP contribution in [0.1, 0.15) is 12.5 Å². The summed E-state index contributed by atoms with van der Waals surface area (Å²) in [6, 6.07) is 6.89. The molecule has 1 rings (SSSR count). The number of hydrogen-bond acceptors (Lipinski definition) is 3. The maximum Gasteiger partial charge on any atom is 0.240 e. The van der Waals surface area contributed by atoms with E-state index in [1.165, 1.54) is 0 Å². The zero-order valence-corrected chi connectivity index (χ0v) is 8.16. The first-order chi connectivity index (χ1) is 6.63. The van der Waals surface area contributed by atoms with E-state index in [4.69, 9.17) is 11.5 Å². The fraction of sp³-hybridized carbons (Fsp3) is 0.300. The highest BCUT2D eigenvalue weighted by atomic mass is 16.2. The minimum atomic E-state index is -0.503. The van der Waals surface area contributed by atoms with Crippen molar-refractivity contribution >= 4 is 11.6 Å². The zero-order chi connectivity index (χ0) is 10.6. The number of hydrogen-bond donors (Lipinski definition) is 3. The molecule has 1 amide bonds. The second-order valence-electron chi connectivity index (χ2n) is 3.18. The Labute approximate surface area is 83.3 Å². The lowest BCUT2D eigenvalue weighted by Gasteiger charge is -2.08. The van der Waals surface area contributed by atoms with Gasteiger partial charge in [0.25, 0.3) is 0 Å². The Kier molecular flexibility index (Phi) is 3.62. The van der Waals surface area contributed by atoms with Crippen molar-refractivity contribution in [3.8, 4) is 0 Å². The van der Waals surface area contributed by atoms with Gasteiger partial charge in [0.05, 0.1) is 6.04 Å². The summed E-state index contributed by atoms with van der Waals surface area (Å²) in [5.74, 6) is -0.195. The van der Waals surface area contributed by atoms with Crippen LogP contribution in [0.4, 0.5) is 5.69 Å². The number of benzene rings is 1. The molecule has 14 heavy (non-hydrogen) atoms. The number of nitrogens with two attached hydrogens (primary N) is 2. The molecule has 1 aromatic rings. The van der Waals surface area contributed by atoms with Gasteiger partial charge in [0.15, 0.2) is 0 Å². The van der Waals surface area contributed by atoms with Crippen LogP contribution in [0, 0.1) is 0 Å². The van der Waals surface area contributed by atoms with Gasteiger partial charge in [0.1, 0.15) is 0 Å². The predicted molar refractivity (Wildman–Crippen MR) is 56.6 cm³/mol. The van der Waals surface area contributed by atoms with Crippen LogP contribution < -0.4 is 16.8 Å². The maximum absolute atomic E-state index is 11.2. The second kappa shape index (κ2) is 4.74. The van der Waals surface area contributed by atoms with E-state index in [1.807, 2.05) is 18.2 Å². The van der Waals surface area contributed by atoms with Gasteiger partial charge in [0, 0.05) is 12.2 Å². The fourth-order valence-corrected chi connectivity index (χ4v) is 1.03. The first kappa shape index (κ1) is 10.7. The average molecular weight is 193 g/mol. The van der Waals surface area contributed by atoms with E-state index in [1.54, 1.807) is 13.0 Å². The molecule has 0 aliphatic carbocycles. The third-order valence-electron chi connectivity index (χ3n) is 1.84. The molecule has 4 nitrogen and oxygen atoms in total. The molecule has 5 N–H and O–H groups in total. The summed E-state index contributed by atoms with van der Waals surface area (Å²) in [5.41, 5.74) is 12.6. The summed E-state index contributed by atoms with van der Waals surface area (Å²) in [4.78, 5) is 11.2. The van der Waals surface area contributed by atoms with Crippen molar-refractivity contribution in [1.82, 2.24) is 0 Å². The zero-order valence-electron chi connectivity index (χ0n) is 8.16. The van der Waals surface area contributed by atoms with Gasteiger partial charge >= 0.3 is 0 Å². The predicted octanol–water partition coefficient (Wildman–Crippen LogP) is 0.431. The van der Waals surface area contributed by atoms with E-state index in [-0.39, 0.29) is 5.91 Å². The molecule has 76 valence electrons. The molecule has 0 fully saturated rings. The van der Waals surface area contributed by atoms with E-state index in [0.717, 1.165) is 11.3 Å². The lowest BCUT2D eigenvalue weighted by molar-refractivity contribution is -0.117. The minimum Gasteiger partial charge on any atom is -0.326 e. The first-order valence-corrected chi connectivity index (χ1v) is 4.49. The van der Waals surface area contributed by atoms with Crippen LogP contribution >= 0.6 is 0 Å². The molecule has 1 atom stereocenters. The topological polar surface area (TPSA) is 81.1 Å². The molecular formula is C10H15N3O. The van der Waals surface area contributed by atoms with E-state index < -0.39 is 6.04 Å². The van der Waals surface area contributed by atoms with E-state index in [9.17, 15) is 4.79 Å². The summed E-state index contributed by atoms with van der Waals surface area (Å²) >= 11 is 0. The minimum absolute atomic E-state index is 0.195. The Morgan fingerprint density at radius 1 is 1.57 bits per heavy atom. The van der Waals surface area contributed by atoms with Crippen molar-refractivity contribution in [3.63, 3.8) is 0 Å². The largest absolute Gasteiger partial charge is 0.326 e. The molecule has 0 bridgehead atoms. The molecular weight excluding hydrogens is 178 g/mol. The highest BCUT2D eigenvalue weighted by Crippen LogP contribution is 2.09. The highest BCUT2D eigenvalue weighted by Gasteiger charge is 2.06. The van der Waals surface area contributed by atoms with Crippen molar-refractivity contribution in [2.45, 2.75) is 19.5 Å². The summed E-state index contributed by atoms with van der Waals surface area (Å²) in [6.45, 7) is 2.10. The Hall–Kier alpha value is -1.39. The Morgan fingerprint density at radius 2 is 2.29 bits per heavy atom. The fourth-order valence-electron chi connectivity index (χ4n) is 1.03. The maximum atomic E-state index is 11.2. The summed E-state index contributed by atoms with van der Waals surface area (Å²) in [5, 5.41) is 2.70. The Morgan fingerprint density at radius 3 is 2.86 bits per heavy atom. The number of amides is 1. The smallest absolute Gasteiger partial charge is 0.240 e.